The highest BCUT2D eigenvalue weighted by Crippen LogP contribution is 2.33. The van der Waals surface area contributed by atoms with Gasteiger partial charge in [-0.15, -0.1) is 24.0 Å². The van der Waals surface area contributed by atoms with E-state index >= 15 is 0 Å². The number of aliphatic hydroxyl groups is 1. The summed E-state index contributed by atoms with van der Waals surface area (Å²) in [5, 5.41) is 15.9. The molecule has 1 atom stereocenters. The Labute approximate surface area is 145 Å². The molecule has 0 aromatic heterocycles. The van der Waals surface area contributed by atoms with Crippen molar-refractivity contribution in [2.24, 2.45) is 16.3 Å². The number of aliphatic hydroxyl groups excluding tert-OH is 1. The Morgan fingerprint density at radius 2 is 2.19 bits per heavy atom. The minimum Gasteiger partial charge on any atom is -0.396 e. The van der Waals surface area contributed by atoms with Crippen LogP contribution < -0.4 is 10.6 Å². The summed E-state index contributed by atoms with van der Waals surface area (Å²) in [7, 11) is 0. The van der Waals surface area contributed by atoms with Crippen molar-refractivity contribution in [3.63, 3.8) is 0 Å². The number of hydrogen-bond donors (Lipinski definition) is 3. The molecule has 0 aromatic rings. The van der Waals surface area contributed by atoms with E-state index < -0.39 is 0 Å². The Morgan fingerprint density at radius 3 is 2.76 bits per heavy atom. The summed E-state index contributed by atoms with van der Waals surface area (Å²) in [5.74, 6) is 1.84. The van der Waals surface area contributed by atoms with Crippen LogP contribution in [0.15, 0.2) is 4.99 Å². The highest BCUT2D eigenvalue weighted by Gasteiger charge is 2.34. The molecular formula is C15H30IN3O2. The van der Waals surface area contributed by atoms with E-state index in [4.69, 9.17) is 9.73 Å². The van der Waals surface area contributed by atoms with Crippen LogP contribution in [0.4, 0.5) is 0 Å². The number of nitrogens with one attached hydrogen (secondary N) is 2. The first-order valence-electron chi connectivity index (χ1n) is 7.99. The average Bonchev–Trinajstić information content (AvgIpc) is 3.15. The fraction of sp³-hybridized carbons (Fsp3) is 0.933. The van der Waals surface area contributed by atoms with Crippen LogP contribution in [-0.2, 0) is 4.74 Å². The number of aliphatic imine (C=N–C) groups is 1. The van der Waals surface area contributed by atoms with Crippen molar-refractivity contribution >= 4 is 29.9 Å². The largest absolute Gasteiger partial charge is 0.396 e. The zero-order chi connectivity index (χ0) is 14.3. The Kier molecular flexibility index (Phi) is 8.89. The van der Waals surface area contributed by atoms with E-state index in [9.17, 15) is 5.11 Å². The number of hydrogen-bond acceptors (Lipinski definition) is 3. The van der Waals surface area contributed by atoms with Gasteiger partial charge in [-0.25, -0.2) is 0 Å². The summed E-state index contributed by atoms with van der Waals surface area (Å²) in [6.45, 7) is 6.41. The third-order valence-corrected chi connectivity index (χ3v) is 4.29. The van der Waals surface area contributed by atoms with Crippen LogP contribution in [0.25, 0.3) is 0 Å². The zero-order valence-electron chi connectivity index (χ0n) is 13.1. The molecule has 0 aromatic carbocycles. The lowest BCUT2D eigenvalue weighted by molar-refractivity contribution is 0.131. The smallest absolute Gasteiger partial charge is 0.191 e. The van der Waals surface area contributed by atoms with Gasteiger partial charge in [0.25, 0.3) is 0 Å². The molecule has 0 radical (unpaired) electrons. The molecule has 1 saturated carbocycles. The fourth-order valence-electron chi connectivity index (χ4n) is 2.68. The molecule has 1 aliphatic heterocycles. The molecule has 0 bridgehead atoms. The van der Waals surface area contributed by atoms with E-state index in [1.165, 1.54) is 19.3 Å². The molecule has 1 heterocycles. The van der Waals surface area contributed by atoms with Crippen LogP contribution in [-0.4, -0.2) is 50.5 Å². The van der Waals surface area contributed by atoms with Crippen molar-refractivity contribution in [1.29, 1.82) is 0 Å². The number of nitrogens with zero attached hydrogens (tertiary/aromatic N) is 1. The molecule has 2 rings (SSSR count). The predicted molar refractivity (Wildman–Crippen MR) is 96.3 cm³/mol. The first kappa shape index (κ1) is 19.0. The molecule has 1 saturated heterocycles. The predicted octanol–water partition coefficient (Wildman–Crippen LogP) is 1.75. The molecule has 0 spiro atoms. The molecule has 21 heavy (non-hydrogen) atoms. The Bertz CT molecular complexity index is 316. The van der Waals surface area contributed by atoms with Crippen LogP contribution >= 0.6 is 24.0 Å². The van der Waals surface area contributed by atoms with Crippen LogP contribution in [0.1, 0.15) is 39.0 Å². The van der Waals surface area contributed by atoms with Gasteiger partial charge in [-0.2, -0.15) is 0 Å². The molecular weight excluding hydrogens is 381 g/mol. The minimum atomic E-state index is 0. The van der Waals surface area contributed by atoms with Gasteiger partial charge in [-0.05, 0) is 32.1 Å². The average molecular weight is 411 g/mol. The molecule has 2 aliphatic rings. The van der Waals surface area contributed by atoms with Crippen LogP contribution in [0.3, 0.4) is 0 Å². The van der Waals surface area contributed by atoms with Gasteiger partial charge in [0, 0.05) is 31.7 Å². The summed E-state index contributed by atoms with van der Waals surface area (Å²) in [6, 6.07) is 0. The fourth-order valence-corrected chi connectivity index (χ4v) is 2.68. The first-order valence-corrected chi connectivity index (χ1v) is 7.99. The van der Waals surface area contributed by atoms with E-state index in [2.05, 4.69) is 17.6 Å². The van der Waals surface area contributed by atoms with Crippen molar-refractivity contribution in [2.75, 3.05) is 39.5 Å². The third-order valence-electron chi connectivity index (χ3n) is 4.29. The Morgan fingerprint density at radius 1 is 1.38 bits per heavy atom. The van der Waals surface area contributed by atoms with E-state index in [1.807, 2.05) is 0 Å². The van der Waals surface area contributed by atoms with Gasteiger partial charge >= 0.3 is 0 Å². The Balaban J connectivity index is 0.00000220. The molecule has 0 amide bonds. The number of ether oxygens (including phenoxy) is 1. The van der Waals surface area contributed by atoms with Crippen LogP contribution in [0.2, 0.25) is 0 Å². The van der Waals surface area contributed by atoms with Crippen molar-refractivity contribution in [3.05, 3.63) is 0 Å². The van der Waals surface area contributed by atoms with Gasteiger partial charge < -0.3 is 20.5 Å². The van der Waals surface area contributed by atoms with Gasteiger partial charge in [-0.3, -0.25) is 4.99 Å². The van der Waals surface area contributed by atoms with Crippen molar-refractivity contribution in [3.8, 4) is 0 Å². The lowest BCUT2D eigenvalue weighted by atomic mass is 9.84. The SMILES string of the molecule is CCNC(=NCC1(CCO)CCOC1)NCCC1CC1.I. The molecule has 3 N–H and O–H groups in total. The molecule has 6 heteroatoms. The van der Waals surface area contributed by atoms with Gasteiger partial charge in [-0.1, -0.05) is 12.8 Å². The molecule has 2 fully saturated rings. The molecule has 5 nitrogen and oxygen atoms in total. The maximum atomic E-state index is 9.23. The van der Waals surface area contributed by atoms with Crippen molar-refractivity contribution in [2.45, 2.75) is 39.0 Å². The summed E-state index contributed by atoms with van der Waals surface area (Å²) in [4.78, 5) is 4.71. The van der Waals surface area contributed by atoms with Crippen molar-refractivity contribution < 1.29 is 9.84 Å². The van der Waals surface area contributed by atoms with Crippen molar-refractivity contribution in [1.82, 2.24) is 10.6 Å². The first-order chi connectivity index (χ1) is 9.78. The highest BCUT2D eigenvalue weighted by molar-refractivity contribution is 14.0. The van der Waals surface area contributed by atoms with Gasteiger partial charge in [0.05, 0.1) is 13.2 Å². The lowest BCUT2D eigenvalue weighted by Crippen LogP contribution is -2.39. The summed E-state index contributed by atoms with van der Waals surface area (Å²) in [5.41, 5.74) is 0.0353. The van der Waals surface area contributed by atoms with E-state index in [-0.39, 0.29) is 36.0 Å². The second kappa shape index (κ2) is 9.84. The third kappa shape index (κ3) is 6.69. The van der Waals surface area contributed by atoms with Gasteiger partial charge in [0.15, 0.2) is 5.96 Å². The summed E-state index contributed by atoms with van der Waals surface area (Å²) in [6.07, 6.45) is 5.81. The van der Waals surface area contributed by atoms with E-state index in [0.717, 1.165) is 57.6 Å². The topological polar surface area (TPSA) is 65.9 Å². The highest BCUT2D eigenvalue weighted by atomic mass is 127. The second-order valence-electron chi connectivity index (χ2n) is 6.13. The zero-order valence-corrected chi connectivity index (χ0v) is 15.4. The molecule has 1 unspecified atom stereocenters. The Hall–Kier alpha value is -0.0800. The minimum absolute atomic E-state index is 0. The second-order valence-corrected chi connectivity index (χ2v) is 6.13. The normalized spacial score (nSPS) is 25.5. The monoisotopic (exact) mass is 411 g/mol. The molecule has 124 valence electrons. The summed E-state index contributed by atoms with van der Waals surface area (Å²) < 4.78 is 5.50. The van der Waals surface area contributed by atoms with Gasteiger partial charge in [0.1, 0.15) is 0 Å². The number of halogens is 1. The number of guanidine groups is 1. The maximum Gasteiger partial charge on any atom is 0.191 e. The number of rotatable bonds is 8. The van der Waals surface area contributed by atoms with Crippen LogP contribution in [0.5, 0.6) is 0 Å². The molecule has 1 aliphatic carbocycles. The summed E-state index contributed by atoms with van der Waals surface area (Å²) >= 11 is 0. The van der Waals surface area contributed by atoms with E-state index in [1.54, 1.807) is 0 Å². The van der Waals surface area contributed by atoms with E-state index in [0.29, 0.717) is 0 Å². The standard InChI is InChI=1S/C15H29N3O2.HI/c1-2-16-14(17-8-5-13-3-4-13)18-11-15(6-9-19)7-10-20-12-15;/h13,19H,2-12H2,1H3,(H2,16,17,18);1H. The van der Waals surface area contributed by atoms with Crippen LogP contribution in [0, 0.1) is 11.3 Å². The van der Waals surface area contributed by atoms with Gasteiger partial charge in [0.2, 0.25) is 0 Å². The lowest BCUT2D eigenvalue weighted by Gasteiger charge is -2.24. The maximum absolute atomic E-state index is 9.23. The quantitative estimate of drug-likeness (QED) is 0.324.